The summed E-state index contributed by atoms with van der Waals surface area (Å²) < 4.78 is 0. The molecule has 0 aliphatic carbocycles. The predicted molar refractivity (Wildman–Crippen MR) is 90.3 cm³/mol. The van der Waals surface area contributed by atoms with E-state index >= 15 is 0 Å². The summed E-state index contributed by atoms with van der Waals surface area (Å²) in [6.45, 7) is 0. The topological polar surface area (TPSA) is 90.2 Å². The Morgan fingerprint density at radius 3 is 0.875 bits per heavy atom. The maximum Gasteiger partial charge on any atom is 0.115 e. The predicted octanol–water partition coefficient (Wildman–Crippen LogP) is 2.51. The maximum atomic E-state index is 3.78. The van der Waals surface area contributed by atoms with Crippen molar-refractivity contribution in [1.82, 2.24) is 35.1 Å². The Hall–Kier alpha value is -3.61. The molecule has 0 N–H and O–H groups in total. The van der Waals surface area contributed by atoms with Gasteiger partial charge in [0.2, 0.25) is 0 Å². The highest BCUT2D eigenvalue weighted by Crippen LogP contribution is 1.73. The molecule has 4 rings (SSSR count). The average molecular weight is 319 g/mol. The van der Waals surface area contributed by atoms with Crippen LogP contribution in [0.15, 0.2) is 105 Å². The standard InChI is InChI=1S/C5H5N.3C4H4N2/c1-2-4-6-5-3-1;1-2-6-4-3-5-1;1-2-5-4-6-3-1;1-2-4-6-5-3-1/h1-5H;3*1-4H. The van der Waals surface area contributed by atoms with E-state index in [1.165, 1.54) is 6.33 Å². The van der Waals surface area contributed by atoms with Gasteiger partial charge >= 0.3 is 0 Å². The molecule has 0 fully saturated rings. The molecule has 0 aliphatic rings. The van der Waals surface area contributed by atoms with E-state index in [0.717, 1.165) is 0 Å². The van der Waals surface area contributed by atoms with Crippen molar-refractivity contribution in [2.45, 2.75) is 0 Å². The molecule has 0 aliphatic heterocycles. The molecule has 0 saturated carbocycles. The Labute approximate surface area is 140 Å². The van der Waals surface area contributed by atoms with Crippen molar-refractivity contribution in [3.63, 3.8) is 0 Å². The molecule has 7 nitrogen and oxygen atoms in total. The fraction of sp³-hybridized carbons (Fsp3) is 0. The number of nitrogens with zero attached hydrogens (tertiary/aromatic N) is 7. The van der Waals surface area contributed by atoms with Gasteiger partial charge in [-0.15, -0.1) is 0 Å². The Kier molecular flexibility index (Phi) is 12.1. The van der Waals surface area contributed by atoms with Gasteiger partial charge in [0.1, 0.15) is 6.33 Å². The van der Waals surface area contributed by atoms with Crippen molar-refractivity contribution in [2.75, 3.05) is 0 Å². The lowest BCUT2D eigenvalue weighted by Crippen LogP contribution is -1.69. The summed E-state index contributed by atoms with van der Waals surface area (Å²) in [5, 5.41) is 7.07. The molecule has 4 heterocycles. The Balaban J connectivity index is 0.000000160. The molecule has 24 heavy (non-hydrogen) atoms. The molecular formula is C17H17N7. The third-order valence-corrected chi connectivity index (χ3v) is 2.00. The first-order valence-corrected chi connectivity index (χ1v) is 6.97. The summed E-state index contributed by atoms with van der Waals surface area (Å²) >= 11 is 0. The second-order valence-corrected chi connectivity index (χ2v) is 3.74. The van der Waals surface area contributed by atoms with Crippen LogP contribution < -0.4 is 0 Å². The van der Waals surface area contributed by atoms with Crippen molar-refractivity contribution in [1.29, 1.82) is 0 Å². The first-order valence-electron chi connectivity index (χ1n) is 6.97. The van der Waals surface area contributed by atoms with Crippen molar-refractivity contribution >= 4 is 0 Å². The van der Waals surface area contributed by atoms with E-state index in [1.807, 2.05) is 30.3 Å². The van der Waals surface area contributed by atoms with E-state index in [1.54, 1.807) is 68.0 Å². The van der Waals surface area contributed by atoms with Crippen molar-refractivity contribution in [3.05, 3.63) is 105 Å². The molecule has 0 aromatic carbocycles. The zero-order valence-corrected chi connectivity index (χ0v) is 12.9. The Morgan fingerprint density at radius 2 is 0.708 bits per heavy atom. The van der Waals surface area contributed by atoms with Crippen molar-refractivity contribution < 1.29 is 0 Å². The van der Waals surface area contributed by atoms with Crippen LogP contribution in [0, 0.1) is 0 Å². The summed E-state index contributed by atoms with van der Waals surface area (Å²) in [6.07, 6.45) is 18.2. The van der Waals surface area contributed by atoms with E-state index in [4.69, 9.17) is 0 Å². The van der Waals surface area contributed by atoms with Crippen LogP contribution in [0.2, 0.25) is 0 Å². The third kappa shape index (κ3) is 13.4. The van der Waals surface area contributed by atoms with Gasteiger partial charge in [0.05, 0.1) is 0 Å². The van der Waals surface area contributed by atoms with Crippen molar-refractivity contribution in [2.24, 2.45) is 0 Å². The normalized spacial score (nSPS) is 8.00. The molecule has 0 spiro atoms. The summed E-state index contributed by atoms with van der Waals surface area (Å²) in [5.41, 5.74) is 0. The van der Waals surface area contributed by atoms with Gasteiger partial charge in [-0.2, -0.15) is 10.2 Å². The number of rotatable bonds is 0. The van der Waals surface area contributed by atoms with E-state index in [2.05, 4.69) is 35.1 Å². The molecule has 0 atom stereocenters. The molecule has 7 heteroatoms. The van der Waals surface area contributed by atoms with Gasteiger partial charge in [-0.3, -0.25) is 15.0 Å². The highest BCUT2D eigenvalue weighted by Gasteiger charge is 1.60. The molecule has 0 bridgehead atoms. The van der Waals surface area contributed by atoms with E-state index in [0.29, 0.717) is 0 Å². The second kappa shape index (κ2) is 15.8. The highest BCUT2D eigenvalue weighted by molar-refractivity contribution is 4.88. The number of pyridine rings is 1. The summed E-state index contributed by atoms with van der Waals surface area (Å²) in [6, 6.07) is 11.1. The van der Waals surface area contributed by atoms with E-state index in [9.17, 15) is 0 Å². The van der Waals surface area contributed by atoms with Gasteiger partial charge in [-0.1, -0.05) is 6.07 Å². The van der Waals surface area contributed by atoms with Crippen LogP contribution in [-0.2, 0) is 0 Å². The highest BCUT2D eigenvalue weighted by atomic mass is 15.1. The van der Waals surface area contributed by atoms with Crippen LogP contribution in [0.3, 0.4) is 0 Å². The van der Waals surface area contributed by atoms with Gasteiger partial charge < -0.3 is 0 Å². The summed E-state index contributed by atoms with van der Waals surface area (Å²) in [4.78, 5) is 18.6. The summed E-state index contributed by atoms with van der Waals surface area (Å²) in [5.74, 6) is 0. The van der Waals surface area contributed by atoms with Crippen LogP contribution in [0.5, 0.6) is 0 Å². The quantitative estimate of drug-likeness (QED) is 0.492. The Morgan fingerprint density at radius 1 is 0.292 bits per heavy atom. The van der Waals surface area contributed by atoms with Crippen LogP contribution in [-0.4, -0.2) is 35.1 Å². The fourth-order valence-electron chi connectivity index (χ4n) is 1.07. The molecule has 0 unspecified atom stereocenters. The second-order valence-electron chi connectivity index (χ2n) is 3.74. The minimum absolute atomic E-state index is 1.50. The molecule has 0 saturated heterocycles. The maximum absolute atomic E-state index is 3.78. The van der Waals surface area contributed by atoms with Gasteiger partial charge in [0.15, 0.2) is 0 Å². The fourth-order valence-corrected chi connectivity index (χ4v) is 1.07. The van der Waals surface area contributed by atoms with Gasteiger partial charge in [-0.05, 0) is 30.3 Å². The molecule has 4 aromatic rings. The average Bonchev–Trinajstić information content (AvgIpc) is 2.75. The SMILES string of the molecule is c1ccncc1.c1ccnnc1.c1cnccn1.c1cncnc1. The smallest absolute Gasteiger partial charge is 0.115 e. The zero-order chi connectivity index (χ0) is 17.0. The minimum Gasteiger partial charge on any atom is -0.265 e. The van der Waals surface area contributed by atoms with Crippen LogP contribution in [0.1, 0.15) is 0 Å². The third-order valence-electron chi connectivity index (χ3n) is 2.00. The molecule has 4 aromatic heterocycles. The van der Waals surface area contributed by atoms with E-state index < -0.39 is 0 Å². The van der Waals surface area contributed by atoms with E-state index in [-0.39, 0.29) is 0 Å². The number of hydrogen-bond donors (Lipinski definition) is 0. The van der Waals surface area contributed by atoms with Gasteiger partial charge in [-0.25, -0.2) is 9.97 Å². The molecular weight excluding hydrogens is 302 g/mol. The molecule has 120 valence electrons. The summed E-state index contributed by atoms with van der Waals surface area (Å²) in [7, 11) is 0. The van der Waals surface area contributed by atoms with Crippen molar-refractivity contribution in [3.8, 4) is 0 Å². The van der Waals surface area contributed by atoms with Crippen LogP contribution in [0.4, 0.5) is 0 Å². The lowest BCUT2D eigenvalue weighted by atomic mass is 10.5. The molecule has 0 radical (unpaired) electrons. The first-order chi connectivity index (χ1) is 12.0. The van der Waals surface area contributed by atoms with Gasteiger partial charge in [0.25, 0.3) is 0 Å². The van der Waals surface area contributed by atoms with Crippen LogP contribution in [0.25, 0.3) is 0 Å². The lowest BCUT2D eigenvalue weighted by molar-refractivity contribution is 1.03. The minimum atomic E-state index is 1.50. The largest absolute Gasteiger partial charge is 0.265 e. The lowest BCUT2D eigenvalue weighted by Gasteiger charge is -1.70. The van der Waals surface area contributed by atoms with Gasteiger partial charge in [0, 0.05) is 62.0 Å². The Bertz CT molecular complexity index is 435. The van der Waals surface area contributed by atoms with Crippen LogP contribution >= 0.6 is 0 Å². The molecule has 0 amide bonds. The zero-order valence-electron chi connectivity index (χ0n) is 12.9. The first kappa shape index (κ1) is 18.4. The number of hydrogen-bond acceptors (Lipinski definition) is 7. The number of aromatic nitrogens is 7. The monoisotopic (exact) mass is 319 g/mol.